The molecule has 0 radical (unpaired) electrons. The molecule has 2 amide bonds. The smallest absolute Gasteiger partial charge is 0.254 e. The maximum absolute atomic E-state index is 14.1. The number of ether oxygens (including phenoxy) is 1. The molecule has 4 aromatic rings. The van der Waals surface area contributed by atoms with Crippen LogP contribution in [0.5, 0.6) is 0 Å². The van der Waals surface area contributed by atoms with Crippen LogP contribution < -0.4 is 5.32 Å². The number of fused-ring (bicyclic) bond motifs is 2. The molecule has 1 N–H and O–H groups in total. The summed E-state index contributed by atoms with van der Waals surface area (Å²) in [5.41, 5.74) is 5.05. The molecule has 0 unspecified atom stereocenters. The van der Waals surface area contributed by atoms with Gasteiger partial charge in [-0.15, -0.1) is 0 Å². The number of methoxy groups -OCH3 is 1. The minimum Gasteiger partial charge on any atom is -0.383 e. The second-order valence-electron chi connectivity index (χ2n) is 9.19. The number of benzene rings is 3. The predicted octanol–water partition coefficient (Wildman–Crippen LogP) is 5.82. The van der Waals surface area contributed by atoms with Crippen molar-refractivity contribution in [2.75, 3.05) is 25.6 Å². The summed E-state index contributed by atoms with van der Waals surface area (Å²) in [6.07, 6.45) is 2.04. The van der Waals surface area contributed by atoms with E-state index in [1.165, 1.54) is 0 Å². The molecule has 1 aliphatic heterocycles. The van der Waals surface area contributed by atoms with Crippen molar-refractivity contribution in [1.29, 1.82) is 0 Å². The van der Waals surface area contributed by atoms with E-state index in [0.717, 1.165) is 32.1 Å². The van der Waals surface area contributed by atoms with Crippen LogP contribution in [0.25, 0.3) is 10.9 Å². The van der Waals surface area contributed by atoms with Crippen LogP contribution in [-0.4, -0.2) is 41.5 Å². The Morgan fingerprint density at radius 3 is 2.58 bits per heavy atom. The molecule has 184 valence electrons. The largest absolute Gasteiger partial charge is 0.383 e. The van der Waals surface area contributed by atoms with Crippen molar-refractivity contribution in [2.24, 2.45) is 7.05 Å². The zero-order valence-electron chi connectivity index (χ0n) is 20.5. The first kappa shape index (κ1) is 24.3. The molecule has 6 nitrogen and oxygen atoms in total. The van der Waals surface area contributed by atoms with E-state index >= 15 is 0 Å². The SMILES string of the molecule is COCCN1C(=O)c2ccccc2[C@H](C(=O)Nc2ccc(C)cc2Br)[C@H]1c1cn(C)c2ccccc12. The fourth-order valence-electron chi connectivity index (χ4n) is 5.20. The highest BCUT2D eigenvalue weighted by Gasteiger charge is 2.45. The number of carbonyl (C=O) groups excluding carboxylic acids is 2. The lowest BCUT2D eigenvalue weighted by Crippen LogP contribution is -2.47. The van der Waals surface area contributed by atoms with Crippen LogP contribution in [0, 0.1) is 6.92 Å². The number of rotatable bonds is 6. The summed E-state index contributed by atoms with van der Waals surface area (Å²) < 4.78 is 8.24. The maximum atomic E-state index is 14.1. The number of halogens is 1. The standard InChI is InChI=1S/C29H28BrN3O3/c1-18-12-13-24(23(30)16-18)31-28(34)26-20-9-4-5-10-21(20)29(35)33(14-15-36-3)27(26)22-17-32(2)25-11-7-6-8-19(22)25/h4-13,16-17,26-27H,14-15H2,1-3H3,(H,31,34)/t26-,27+/m0/s1. The zero-order chi connectivity index (χ0) is 25.4. The van der Waals surface area contributed by atoms with Crippen molar-refractivity contribution in [3.8, 4) is 0 Å². The highest BCUT2D eigenvalue weighted by atomic mass is 79.9. The first-order valence-corrected chi connectivity index (χ1v) is 12.7. The van der Waals surface area contributed by atoms with Gasteiger partial charge in [-0.05, 0) is 58.2 Å². The number of hydrogen-bond acceptors (Lipinski definition) is 3. The van der Waals surface area contributed by atoms with Crippen molar-refractivity contribution in [3.05, 3.63) is 99.7 Å². The van der Waals surface area contributed by atoms with Gasteiger partial charge in [0.15, 0.2) is 0 Å². The summed E-state index contributed by atoms with van der Waals surface area (Å²) >= 11 is 3.58. The monoisotopic (exact) mass is 545 g/mol. The van der Waals surface area contributed by atoms with E-state index in [-0.39, 0.29) is 11.8 Å². The summed E-state index contributed by atoms with van der Waals surface area (Å²) in [7, 11) is 3.61. The van der Waals surface area contributed by atoms with Crippen molar-refractivity contribution in [2.45, 2.75) is 18.9 Å². The Balaban J connectivity index is 1.69. The molecule has 0 bridgehead atoms. The maximum Gasteiger partial charge on any atom is 0.254 e. The second kappa shape index (κ2) is 9.91. The fraction of sp³-hybridized carbons (Fsp3) is 0.241. The van der Waals surface area contributed by atoms with Gasteiger partial charge in [-0.3, -0.25) is 9.59 Å². The van der Waals surface area contributed by atoms with E-state index in [1.54, 1.807) is 18.1 Å². The summed E-state index contributed by atoms with van der Waals surface area (Å²) in [4.78, 5) is 29.7. The number of anilines is 1. The summed E-state index contributed by atoms with van der Waals surface area (Å²) in [6.45, 7) is 2.74. The van der Waals surface area contributed by atoms with Crippen LogP contribution in [0.2, 0.25) is 0 Å². The highest BCUT2D eigenvalue weighted by molar-refractivity contribution is 9.10. The number of carbonyl (C=O) groups is 2. The quantitative estimate of drug-likeness (QED) is 0.332. The number of nitrogens with one attached hydrogen (secondary N) is 1. The third-order valence-corrected chi connectivity index (χ3v) is 7.54. The van der Waals surface area contributed by atoms with Crippen LogP contribution >= 0.6 is 15.9 Å². The molecular weight excluding hydrogens is 518 g/mol. The number of aromatic nitrogens is 1. The third kappa shape index (κ3) is 4.22. The van der Waals surface area contributed by atoms with Crippen molar-refractivity contribution < 1.29 is 14.3 Å². The molecule has 36 heavy (non-hydrogen) atoms. The second-order valence-corrected chi connectivity index (χ2v) is 10.0. The normalized spacial score (nSPS) is 17.3. The topological polar surface area (TPSA) is 63.6 Å². The number of amides is 2. The van der Waals surface area contributed by atoms with Gasteiger partial charge < -0.3 is 19.5 Å². The Labute approximate surface area is 219 Å². The number of nitrogens with zero attached hydrogens (tertiary/aromatic N) is 2. The number of hydrogen-bond donors (Lipinski definition) is 1. The molecule has 0 saturated heterocycles. The van der Waals surface area contributed by atoms with Gasteiger partial charge in [-0.2, -0.15) is 0 Å². The molecule has 0 saturated carbocycles. The van der Waals surface area contributed by atoms with Crippen LogP contribution in [0.15, 0.2) is 77.4 Å². The van der Waals surface area contributed by atoms with E-state index < -0.39 is 12.0 Å². The van der Waals surface area contributed by atoms with Gasteiger partial charge in [-0.25, -0.2) is 0 Å². The van der Waals surface area contributed by atoms with Gasteiger partial charge in [0.2, 0.25) is 5.91 Å². The predicted molar refractivity (Wildman–Crippen MR) is 145 cm³/mol. The molecule has 3 aromatic carbocycles. The molecule has 7 heteroatoms. The highest BCUT2D eigenvalue weighted by Crippen LogP contribution is 2.45. The lowest BCUT2D eigenvalue weighted by atomic mass is 9.79. The van der Waals surface area contributed by atoms with Crippen molar-refractivity contribution in [3.63, 3.8) is 0 Å². The van der Waals surface area contributed by atoms with Gasteiger partial charge >= 0.3 is 0 Å². The van der Waals surface area contributed by atoms with Gasteiger partial charge in [0, 0.05) is 53.4 Å². The Morgan fingerprint density at radius 2 is 1.81 bits per heavy atom. The molecule has 1 aromatic heterocycles. The average Bonchev–Trinajstić information content (AvgIpc) is 3.21. The van der Waals surface area contributed by atoms with E-state index in [4.69, 9.17) is 4.74 Å². The molecule has 2 heterocycles. The first-order chi connectivity index (χ1) is 17.4. The zero-order valence-corrected chi connectivity index (χ0v) is 22.1. The summed E-state index contributed by atoms with van der Waals surface area (Å²) in [5, 5.41) is 4.15. The van der Waals surface area contributed by atoms with E-state index in [0.29, 0.717) is 24.4 Å². The summed E-state index contributed by atoms with van der Waals surface area (Å²) in [6, 6.07) is 20.8. The number of aryl methyl sites for hydroxylation is 2. The number of para-hydroxylation sites is 1. The lowest BCUT2D eigenvalue weighted by molar-refractivity contribution is -0.119. The Kier molecular flexibility index (Phi) is 6.69. The minimum atomic E-state index is -0.616. The Bertz CT molecular complexity index is 1460. The molecule has 0 fully saturated rings. The summed E-state index contributed by atoms with van der Waals surface area (Å²) in [5.74, 6) is -0.879. The Hall–Kier alpha value is -3.42. The molecule has 2 atom stereocenters. The van der Waals surface area contributed by atoms with E-state index in [1.807, 2.05) is 68.7 Å². The first-order valence-electron chi connectivity index (χ1n) is 11.9. The average molecular weight is 546 g/mol. The van der Waals surface area contributed by atoms with Crippen molar-refractivity contribution >= 4 is 44.3 Å². The van der Waals surface area contributed by atoms with Crippen LogP contribution in [0.1, 0.15) is 39.0 Å². The lowest BCUT2D eigenvalue weighted by Gasteiger charge is -2.41. The van der Waals surface area contributed by atoms with Gasteiger partial charge in [-0.1, -0.05) is 42.5 Å². The fourth-order valence-corrected chi connectivity index (χ4v) is 5.79. The van der Waals surface area contributed by atoms with Gasteiger partial charge in [0.1, 0.15) is 0 Å². The molecule has 5 rings (SSSR count). The van der Waals surface area contributed by atoms with Crippen LogP contribution in [0.4, 0.5) is 5.69 Å². The third-order valence-electron chi connectivity index (χ3n) is 6.89. The molecule has 0 aliphatic carbocycles. The van der Waals surface area contributed by atoms with Crippen LogP contribution in [-0.2, 0) is 16.6 Å². The van der Waals surface area contributed by atoms with Gasteiger partial charge in [0.05, 0.1) is 24.3 Å². The van der Waals surface area contributed by atoms with Crippen LogP contribution in [0.3, 0.4) is 0 Å². The van der Waals surface area contributed by atoms with Crippen molar-refractivity contribution in [1.82, 2.24) is 9.47 Å². The molecule has 1 aliphatic rings. The van der Waals surface area contributed by atoms with E-state index in [9.17, 15) is 9.59 Å². The Morgan fingerprint density at radius 1 is 1.06 bits per heavy atom. The molecule has 0 spiro atoms. The molecular formula is C29H28BrN3O3. The minimum absolute atomic E-state index is 0.0962. The van der Waals surface area contributed by atoms with E-state index in [2.05, 4.69) is 37.9 Å². The van der Waals surface area contributed by atoms with Gasteiger partial charge in [0.25, 0.3) is 5.91 Å².